The summed E-state index contributed by atoms with van der Waals surface area (Å²) in [5.74, 6) is 1.09. The Balaban J connectivity index is 1.61. The monoisotopic (exact) mass is 407 g/mol. The molecule has 0 fully saturated rings. The zero-order chi connectivity index (χ0) is 18.1. The summed E-state index contributed by atoms with van der Waals surface area (Å²) in [5.41, 5.74) is 3.07. The lowest BCUT2D eigenvalue weighted by Gasteiger charge is -1.99. The molecule has 1 aliphatic heterocycles. The molecule has 0 unspecified atom stereocenters. The molecular weight excluding hydrogens is 394 g/mol. The molecule has 2 aromatic carbocycles. The van der Waals surface area contributed by atoms with Crippen LogP contribution >= 0.6 is 15.9 Å². The van der Waals surface area contributed by atoms with Crippen LogP contribution in [0.2, 0.25) is 0 Å². The zero-order valence-corrected chi connectivity index (χ0v) is 15.5. The van der Waals surface area contributed by atoms with Gasteiger partial charge < -0.3 is 9.15 Å². The molecular formula is C21H14BrNO3. The van der Waals surface area contributed by atoms with Crippen molar-refractivity contribution < 1.29 is 13.9 Å². The summed E-state index contributed by atoms with van der Waals surface area (Å²) < 4.78 is 12.1. The molecule has 0 spiro atoms. The Morgan fingerprint density at radius 2 is 1.62 bits per heavy atom. The first kappa shape index (κ1) is 16.5. The molecule has 0 atom stereocenters. The van der Waals surface area contributed by atoms with E-state index in [1.165, 1.54) is 0 Å². The number of halogens is 1. The van der Waals surface area contributed by atoms with Crippen molar-refractivity contribution >= 4 is 33.9 Å². The van der Waals surface area contributed by atoms with Crippen LogP contribution in [0.15, 0.2) is 80.2 Å². The number of esters is 1. The molecule has 2 heterocycles. The minimum Gasteiger partial charge on any atom is -0.457 e. The van der Waals surface area contributed by atoms with E-state index in [-0.39, 0.29) is 5.70 Å². The highest BCUT2D eigenvalue weighted by Gasteiger charge is 2.24. The van der Waals surface area contributed by atoms with Gasteiger partial charge in [-0.25, -0.2) is 9.79 Å². The summed E-state index contributed by atoms with van der Waals surface area (Å²) in [6, 6.07) is 19.1. The Bertz CT molecular complexity index is 1030. The van der Waals surface area contributed by atoms with Crippen molar-refractivity contribution in [2.75, 3.05) is 0 Å². The zero-order valence-electron chi connectivity index (χ0n) is 13.9. The van der Waals surface area contributed by atoms with Crippen LogP contribution in [-0.4, -0.2) is 11.9 Å². The van der Waals surface area contributed by atoms with Crippen LogP contribution in [0.1, 0.15) is 16.9 Å². The highest BCUT2D eigenvalue weighted by Crippen LogP contribution is 2.26. The summed E-state index contributed by atoms with van der Waals surface area (Å²) in [7, 11) is 0. The van der Waals surface area contributed by atoms with Gasteiger partial charge in [-0.15, -0.1) is 0 Å². The topological polar surface area (TPSA) is 51.8 Å². The van der Waals surface area contributed by atoms with Crippen LogP contribution in [-0.2, 0) is 9.53 Å². The molecule has 0 radical (unpaired) electrons. The van der Waals surface area contributed by atoms with Crippen molar-refractivity contribution in [2.24, 2.45) is 4.99 Å². The van der Waals surface area contributed by atoms with Gasteiger partial charge in [0.1, 0.15) is 11.5 Å². The molecule has 0 amide bonds. The molecule has 1 aliphatic rings. The van der Waals surface area contributed by atoms with Crippen molar-refractivity contribution in [1.29, 1.82) is 0 Å². The van der Waals surface area contributed by atoms with E-state index < -0.39 is 5.97 Å². The van der Waals surface area contributed by atoms with E-state index in [0.717, 1.165) is 26.9 Å². The standard InChI is InChI=1S/C21H14BrNO3/c1-13-2-4-15(5-3-13)20-23-18(21(24)26-20)12-17-10-11-19(25-17)14-6-8-16(22)9-7-14/h2-12H,1H3/b18-12-. The second-order valence-corrected chi connectivity index (χ2v) is 6.83. The van der Waals surface area contributed by atoms with Gasteiger partial charge in [0.25, 0.3) is 0 Å². The molecule has 0 saturated carbocycles. The molecule has 0 bridgehead atoms. The lowest BCUT2D eigenvalue weighted by atomic mass is 10.1. The van der Waals surface area contributed by atoms with Crippen LogP contribution in [0.4, 0.5) is 0 Å². The van der Waals surface area contributed by atoms with Gasteiger partial charge in [-0.1, -0.05) is 45.8 Å². The van der Waals surface area contributed by atoms with Crippen LogP contribution in [0, 0.1) is 6.92 Å². The van der Waals surface area contributed by atoms with Crippen LogP contribution in [0.25, 0.3) is 17.4 Å². The van der Waals surface area contributed by atoms with Gasteiger partial charge in [0.05, 0.1) is 0 Å². The number of carbonyl (C=O) groups excluding carboxylic acids is 1. The van der Waals surface area contributed by atoms with Crippen molar-refractivity contribution in [1.82, 2.24) is 0 Å². The summed E-state index contributed by atoms with van der Waals surface area (Å²) in [6.45, 7) is 2.00. The van der Waals surface area contributed by atoms with Gasteiger partial charge in [0, 0.05) is 21.7 Å². The number of carbonyl (C=O) groups is 1. The fourth-order valence-corrected chi connectivity index (χ4v) is 2.83. The van der Waals surface area contributed by atoms with E-state index in [4.69, 9.17) is 9.15 Å². The smallest absolute Gasteiger partial charge is 0.363 e. The maximum atomic E-state index is 12.1. The number of cyclic esters (lactones) is 1. The minimum atomic E-state index is -0.484. The van der Waals surface area contributed by atoms with Gasteiger partial charge in [0.15, 0.2) is 5.70 Å². The average Bonchev–Trinajstić information content (AvgIpc) is 3.24. The van der Waals surface area contributed by atoms with Gasteiger partial charge in [-0.05, 0) is 43.3 Å². The number of hydrogen-bond acceptors (Lipinski definition) is 4. The number of hydrogen-bond donors (Lipinski definition) is 0. The molecule has 4 rings (SSSR count). The molecule has 5 heteroatoms. The molecule has 1 aromatic heterocycles. The first-order valence-corrected chi connectivity index (χ1v) is 8.83. The summed E-state index contributed by atoms with van der Waals surface area (Å²) in [5, 5.41) is 0. The molecule has 128 valence electrons. The number of furan rings is 1. The molecule has 0 aliphatic carbocycles. The number of aliphatic imine (C=N–C) groups is 1. The van der Waals surface area contributed by atoms with Crippen molar-refractivity contribution in [3.05, 3.63) is 87.7 Å². The quantitative estimate of drug-likeness (QED) is 0.433. The second-order valence-electron chi connectivity index (χ2n) is 5.91. The fraction of sp³-hybridized carbons (Fsp3) is 0.0476. The Kier molecular flexibility index (Phi) is 4.31. The Morgan fingerprint density at radius 3 is 2.35 bits per heavy atom. The lowest BCUT2D eigenvalue weighted by molar-refractivity contribution is -0.129. The number of nitrogens with zero attached hydrogens (tertiary/aromatic N) is 1. The predicted octanol–water partition coefficient (Wildman–Crippen LogP) is 5.36. The minimum absolute atomic E-state index is 0.220. The number of ether oxygens (including phenoxy) is 1. The van der Waals surface area contributed by atoms with Crippen molar-refractivity contribution in [2.45, 2.75) is 6.92 Å². The predicted molar refractivity (Wildman–Crippen MR) is 104 cm³/mol. The lowest BCUT2D eigenvalue weighted by Crippen LogP contribution is -2.05. The van der Waals surface area contributed by atoms with Crippen LogP contribution in [0.3, 0.4) is 0 Å². The largest absolute Gasteiger partial charge is 0.457 e. The van der Waals surface area contributed by atoms with E-state index in [1.807, 2.05) is 61.5 Å². The third-order valence-electron chi connectivity index (χ3n) is 3.95. The number of aryl methyl sites for hydroxylation is 1. The van der Waals surface area contributed by atoms with E-state index in [9.17, 15) is 4.79 Å². The molecule has 0 saturated heterocycles. The molecule has 4 nitrogen and oxygen atoms in total. The number of rotatable bonds is 3. The summed E-state index contributed by atoms with van der Waals surface area (Å²) in [6.07, 6.45) is 1.59. The summed E-state index contributed by atoms with van der Waals surface area (Å²) >= 11 is 3.41. The van der Waals surface area contributed by atoms with E-state index in [1.54, 1.807) is 12.1 Å². The first-order valence-electron chi connectivity index (χ1n) is 8.04. The van der Waals surface area contributed by atoms with Crippen molar-refractivity contribution in [3.63, 3.8) is 0 Å². The van der Waals surface area contributed by atoms with Gasteiger partial charge in [-0.2, -0.15) is 0 Å². The molecule has 26 heavy (non-hydrogen) atoms. The van der Waals surface area contributed by atoms with Gasteiger partial charge >= 0.3 is 5.97 Å². The van der Waals surface area contributed by atoms with Crippen LogP contribution < -0.4 is 0 Å². The maximum absolute atomic E-state index is 12.1. The highest BCUT2D eigenvalue weighted by molar-refractivity contribution is 9.10. The fourth-order valence-electron chi connectivity index (χ4n) is 2.56. The number of benzene rings is 2. The molecule has 3 aromatic rings. The van der Waals surface area contributed by atoms with E-state index >= 15 is 0 Å². The Morgan fingerprint density at radius 1 is 0.923 bits per heavy atom. The molecule has 0 N–H and O–H groups in total. The van der Waals surface area contributed by atoms with E-state index in [2.05, 4.69) is 20.9 Å². The van der Waals surface area contributed by atoms with Crippen molar-refractivity contribution in [3.8, 4) is 11.3 Å². The Hall–Kier alpha value is -2.92. The SMILES string of the molecule is Cc1ccc(C2=N/C(=C\c3ccc(-c4ccc(Br)cc4)o3)C(=O)O2)cc1. The second kappa shape index (κ2) is 6.77. The normalized spacial score (nSPS) is 15.2. The van der Waals surface area contributed by atoms with Gasteiger partial charge in [0.2, 0.25) is 5.90 Å². The third kappa shape index (κ3) is 3.39. The van der Waals surface area contributed by atoms with E-state index in [0.29, 0.717) is 11.7 Å². The van der Waals surface area contributed by atoms with Gasteiger partial charge in [-0.3, -0.25) is 0 Å². The average molecular weight is 408 g/mol. The summed E-state index contributed by atoms with van der Waals surface area (Å²) in [4.78, 5) is 16.4. The Labute approximate surface area is 159 Å². The first-order chi connectivity index (χ1) is 12.6. The third-order valence-corrected chi connectivity index (χ3v) is 4.48. The maximum Gasteiger partial charge on any atom is 0.363 e. The highest BCUT2D eigenvalue weighted by atomic mass is 79.9. The van der Waals surface area contributed by atoms with Crippen LogP contribution in [0.5, 0.6) is 0 Å².